The molecule has 1 aromatic carbocycles. The van der Waals surface area contributed by atoms with Crippen LogP contribution in [-0.2, 0) is 11.3 Å². The summed E-state index contributed by atoms with van der Waals surface area (Å²) >= 11 is 7.06. The van der Waals surface area contributed by atoms with E-state index < -0.39 is 0 Å². The van der Waals surface area contributed by atoms with Crippen LogP contribution in [0.2, 0.25) is 0 Å². The molecule has 0 saturated heterocycles. The summed E-state index contributed by atoms with van der Waals surface area (Å²) in [6.45, 7) is 11.1. The molecule has 0 aliphatic rings. The molecule has 0 aliphatic heterocycles. The maximum absolute atomic E-state index is 5.71. The molecule has 0 fully saturated rings. The molecule has 1 aromatic rings. The fourth-order valence-electron chi connectivity index (χ4n) is 1.99. The van der Waals surface area contributed by atoms with Gasteiger partial charge in [-0.2, -0.15) is 0 Å². The summed E-state index contributed by atoms with van der Waals surface area (Å²) in [6.07, 6.45) is 0. The zero-order chi connectivity index (χ0) is 15.2. The standard InChI is InChI=1S/C15H23Br2NO2/c1-5-19-14-11(7-12(16)8-13(14)17)9-18-10-15(3,4)20-6-2/h7-8,18H,5-6,9-10H2,1-4H3. The maximum atomic E-state index is 5.71. The van der Waals surface area contributed by atoms with Gasteiger partial charge in [0.05, 0.1) is 16.7 Å². The second-order valence-corrected chi connectivity index (χ2v) is 6.88. The van der Waals surface area contributed by atoms with Gasteiger partial charge < -0.3 is 14.8 Å². The highest BCUT2D eigenvalue weighted by molar-refractivity contribution is 9.11. The van der Waals surface area contributed by atoms with E-state index in [1.165, 1.54) is 0 Å². The van der Waals surface area contributed by atoms with Crippen molar-refractivity contribution in [1.82, 2.24) is 5.32 Å². The van der Waals surface area contributed by atoms with Crippen LogP contribution in [0, 0.1) is 0 Å². The molecule has 0 spiro atoms. The average molecular weight is 409 g/mol. The lowest BCUT2D eigenvalue weighted by atomic mass is 10.1. The summed E-state index contributed by atoms with van der Waals surface area (Å²) in [4.78, 5) is 0. The molecular formula is C15H23Br2NO2. The Morgan fingerprint density at radius 2 is 1.85 bits per heavy atom. The Kier molecular flexibility index (Phi) is 7.51. The van der Waals surface area contributed by atoms with Crippen LogP contribution < -0.4 is 10.1 Å². The maximum Gasteiger partial charge on any atom is 0.138 e. The number of rotatable bonds is 8. The van der Waals surface area contributed by atoms with Gasteiger partial charge in [-0.25, -0.2) is 0 Å². The van der Waals surface area contributed by atoms with Crippen LogP contribution in [0.15, 0.2) is 21.1 Å². The molecule has 0 heterocycles. The van der Waals surface area contributed by atoms with Gasteiger partial charge in [-0.3, -0.25) is 0 Å². The third-order valence-corrected chi connectivity index (χ3v) is 3.82. The molecule has 20 heavy (non-hydrogen) atoms. The SMILES string of the molecule is CCOc1c(Br)cc(Br)cc1CNCC(C)(C)OCC. The third-order valence-electron chi connectivity index (χ3n) is 2.78. The zero-order valence-corrected chi connectivity index (χ0v) is 15.7. The van der Waals surface area contributed by atoms with Gasteiger partial charge in [0, 0.05) is 29.7 Å². The van der Waals surface area contributed by atoms with Gasteiger partial charge in [-0.15, -0.1) is 0 Å². The highest BCUT2D eigenvalue weighted by Gasteiger charge is 2.17. The first-order chi connectivity index (χ1) is 9.39. The van der Waals surface area contributed by atoms with E-state index in [1.54, 1.807) is 0 Å². The number of halogens is 2. The lowest BCUT2D eigenvalue weighted by Crippen LogP contribution is -2.37. The summed E-state index contributed by atoms with van der Waals surface area (Å²) in [5, 5.41) is 3.43. The number of benzene rings is 1. The van der Waals surface area contributed by atoms with Crippen LogP contribution in [0.25, 0.3) is 0 Å². The van der Waals surface area contributed by atoms with Gasteiger partial charge in [0.2, 0.25) is 0 Å². The summed E-state index contributed by atoms with van der Waals surface area (Å²) < 4.78 is 13.4. The molecule has 1 N–H and O–H groups in total. The van der Waals surface area contributed by atoms with Crippen molar-refractivity contribution in [2.75, 3.05) is 19.8 Å². The Morgan fingerprint density at radius 3 is 2.45 bits per heavy atom. The molecule has 0 aliphatic carbocycles. The first kappa shape index (κ1) is 18.0. The second-order valence-electron chi connectivity index (χ2n) is 5.11. The summed E-state index contributed by atoms with van der Waals surface area (Å²) in [5.41, 5.74) is 0.962. The Balaban J connectivity index is 2.72. The minimum absolute atomic E-state index is 0.163. The molecule has 5 heteroatoms. The second kappa shape index (κ2) is 8.37. The lowest BCUT2D eigenvalue weighted by Gasteiger charge is -2.25. The van der Waals surface area contributed by atoms with Crippen LogP contribution >= 0.6 is 31.9 Å². The largest absolute Gasteiger partial charge is 0.492 e. The normalized spacial score (nSPS) is 11.7. The first-order valence-corrected chi connectivity index (χ1v) is 8.43. The van der Waals surface area contributed by atoms with Crippen molar-refractivity contribution < 1.29 is 9.47 Å². The quantitative estimate of drug-likeness (QED) is 0.686. The van der Waals surface area contributed by atoms with E-state index in [1.807, 2.05) is 19.9 Å². The molecule has 0 bridgehead atoms. The molecule has 3 nitrogen and oxygen atoms in total. The smallest absolute Gasteiger partial charge is 0.138 e. The first-order valence-electron chi connectivity index (χ1n) is 6.85. The number of hydrogen-bond acceptors (Lipinski definition) is 3. The summed E-state index contributed by atoms with van der Waals surface area (Å²) in [6, 6.07) is 4.08. The fourth-order valence-corrected chi connectivity index (χ4v) is 3.42. The van der Waals surface area contributed by atoms with E-state index in [0.717, 1.165) is 40.0 Å². The third kappa shape index (κ3) is 5.72. The Labute approximate surface area is 138 Å². The number of hydrogen-bond donors (Lipinski definition) is 1. The predicted octanol–water partition coefficient (Wildman–Crippen LogP) is 4.52. The minimum atomic E-state index is -0.163. The van der Waals surface area contributed by atoms with Crippen LogP contribution in [0.1, 0.15) is 33.3 Å². The van der Waals surface area contributed by atoms with E-state index in [4.69, 9.17) is 9.47 Å². The molecule has 0 radical (unpaired) electrons. The Morgan fingerprint density at radius 1 is 1.15 bits per heavy atom. The monoisotopic (exact) mass is 407 g/mol. The van der Waals surface area contributed by atoms with Crippen LogP contribution in [0.3, 0.4) is 0 Å². The van der Waals surface area contributed by atoms with Crippen LogP contribution in [-0.4, -0.2) is 25.4 Å². The molecule has 1 rings (SSSR count). The van der Waals surface area contributed by atoms with Gasteiger partial charge in [0.15, 0.2) is 0 Å². The van der Waals surface area contributed by atoms with Gasteiger partial charge in [-0.1, -0.05) is 15.9 Å². The van der Waals surface area contributed by atoms with Gasteiger partial charge in [0.25, 0.3) is 0 Å². The van der Waals surface area contributed by atoms with Crippen molar-refractivity contribution >= 4 is 31.9 Å². The lowest BCUT2D eigenvalue weighted by molar-refractivity contribution is -0.00900. The van der Waals surface area contributed by atoms with Crippen molar-refractivity contribution in [3.05, 3.63) is 26.6 Å². The van der Waals surface area contributed by atoms with Crippen molar-refractivity contribution in [1.29, 1.82) is 0 Å². The van der Waals surface area contributed by atoms with Crippen LogP contribution in [0.4, 0.5) is 0 Å². The predicted molar refractivity (Wildman–Crippen MR) is 90.4 cm³/mol. The molecule has 0 aromatic heterocycles. The topological polar surface area (TPSA) is 30.5 Å². The molecule has 114 valence electrons. The van der Waals surface area contributed by atoms with E-state index in [-0.39, 0.29) is 5.60 Å². The Bertz CT molecular complexity index is 436. The molecule has 0 unspecified atom stereocenters. The van der Waals surface area contributed by atoms with Crippen molar-refractivity contribution in [2.24, 2.45) is 0 Å². The number of nitrogens with one attached hydrogen (secondary N) is 1. The highest BCUT2D eigenvalue weighted by Crippen LogP contribution is 2.33. The average Bonchev–Trinajstić information content (AvgIpc) is 2.33. The van der Waals surface area contributed by atoms with Gasteiger partial charge in [-0.05, 0) is 55.8 Å². The zero-order valence-electron chi connectivity index (χ0n) is 12.6. The molecular weight excluding hydrogens is 386 g/mol. The van der Waals surface area contributed by atoms with Gasteiger partial charge >= 0.3 is 0 Å². The molecule has 0 atom stereocenters. The highest BCUT2D eigenvalue weighted by atomic mass is 79.9. The molecule has 0 saturated carbocycles. The van der Waals surface area contributed by atoms with Crippen molar-refractivity contribution in [2.45, 2.75) is 39.8 Å². The van der Waals surface area contributed by atoms with Crippen molar-refractivity contribution in [3.8, 4) is 5.75 Å². The van der Waals surface area contributed by atoms with E-state index in [0.29, 0.717) is 6.61 Å². The fraction of sp³-hybridized carbons (Fsp3) is 0.600. The van der Waals surface area contributed by atoms with E-state index >= 15 is 0 Å². The van der Waals surface area contributed by atoms with E-state index in [9.17, 15) is 0 Å². The van der Waals surface area contributed by atoms with Crippen molar-refractivity contribution in [3.63, 3.8) is 0 Å². The Hall–Kier alpha value is -0.100. The van der Waals surface area contributed by atoms with Gasteiger partial charge in [0.1, 0.15) is 5.75 Å². The minimum Gasteiger partial charge on any atom is -0.492 e. The van der Waals surface area contributed by atoms with E-state index in [2.05, 4.69) is 57.1 Å². The summed E-state index contributed by atoms with van der Waals surface area (Å²) in [7, 11) is 0. The number of ether oxygens (including phenoxy) is 2. The molecule has 0 amide bonds. The summed E-state index contributed by atoms with van der Waals surface area (Å²) in [5.74, 6) is 0.900. The van der Waals surface area contributed by atoms with Crippen LogP contribution in [0.5, 0.6) is 5.75 Å².